The fourth-order valence-corrected chi connectivity index (χ4v) is 3.50. The maximum atomic E-state index is 13.5. The van der Waals surface area contributed by atoms with E-state index in [0.29, 0.717) is 6.07 Å². The van der Waals surface area contributed by atoms with Crippen molar-refractivity contribution in [2.75, 3.05) is 0 Å². The Kier molecular flexibility index (Phi) is 4.35. The normalized spacial score (nSPS) is 11.5. The van der Waals surface area contributed by atoms with Crippen molar-refractivity contribution in [2.45, 2.75) is 18.4 Å². The maximum absolute atomic E-state index is 13.5. The van der Waals surface area contributed by atoms with Gasteiger partial charge in [0.05, 0.1) is 9.82 Å². The van der Waals surface area contributed by atoms with Gasteiger partial charge in [-0.3, -0.25) is 10.1 Å². The SMILES string of the molecule is Cc1cscc1CNS(=O)(=O)c1ccc([N+](=O)[O-])c(F)c1. The Labute approximate surface area is 124 Å². The van der Waals surface area contributed by atoms with E-state index in [2.05, 4.69) is 4.72 Å². The Balaban J connectivity index is 2.22. The molecule has 0 bridgehead atoms. The molecule has 1 heterocycles. The van der Waals surface area contributed by atoms with Crippen LogP contribution in [0.2, 0.25) is 0 Å². The maximum Gasteiger partial charge on any atom is 0.304 e. The third-order valence-corrected chi connectivity index (χ3v) is 5.15. The molecule has 1 aromatic carbocycles. The van der Waals surface area contributed by atoms with Gasteiger partial charge >= 0.3 is 5.69 Å². The van der Waals surface area contributed by atoms with Crippen LogP contribution < -0.4 is 4.72 Å². The van der Waals surface area contributed by atoms with Crippen molar-refractivity contribution in [3.8, 4) is 0 Å². The minimum atomic E-state index is -3.93. The van der Waals surface area contributed by atoms with Gasteiger partial charge < -0.3 is 0 Å². The minimum absolute atomic E-state index is 0.0796. The first-order valence-corrected chi connectivity index (χ1v) is 8.19. The van der Waals surface area contributed by atoms with Gasteiger partial charge in [0.25, 0.3) is 0 Å². The van der Waals surface area contributed by atoms with Crippen LogP contribution in [0.25, 0.3) is 0 Å². The zero-order valence-corrected chi connectivity index (χ0v) is 12.5. The molecule has 6 nitrogen and oxygen atoms in total. The van der Waals surface area contributed by atoms with Crippen LogP contribution in [0.4, 0.5) is 10.1 Å². The summed E-state index contributed by atoms with van der Waals surface area (Å²) in [5, 5.41) is 14.2. The first-order valence-electron chi connectivity index (χ1n) is 5.76. The molecule has 0 aliphatic rings. The van der Waals surface area contributed by atoms with Crippen LogP contribution in [0.15, 0.2) is 33.9 Å². The second-order valence-electron chi connectivity index (χ2n) is 4.27. The number of sulfonamides is 1. The molecule has 0 unspecified atom stereocenters. The van der Waals surface area contributed by atoms with Crippen molar-refractivity contribution < 1.29 is 17.7 Å². The summed E-state index contributed by atoms with van der Waals surface area (Å²) in [5.74, 6) is -1.19. The molecule has 2 aromatic rings. The lowest BCUT2D eigenvalue weighted by Crippen LogP contribution is -2.23. The monoisotopic (exact) mass is 330 g/mol. The lowest BCUT2D eigenvalue weighted by molar-refractivity contribution is -0.387. The molecule has 0 amide bonds. The van der Waals surface area contributed by atoms with Crippen LogP contribution in [0, 0.1) is 22.9 Å². The number of hydrogen-bond donors (Lipinski definition) is 1. The van der Waals surface area contributed by atoms with E-state index in [0.717, 1.165) is 23.3 Å². The highest BCUT2D eigenvalue weighted by Gasteiger charge is 2.20. The molecular formula is C12H11FN2O4S2. The molecule has 0 saturated heterocycles. The summed E-state index contributed by atoms with van der Waals surface area (Å²) >= 11 is 1.45. The van der Waals surface area contributed by atoms with E-state index in [1.807, 2.05) is 17.7 Å². The van der Waals surface area contributed by atoms with Crippen LogP contribution in [0.1, 0.15) is 11.1 Å². The molecule has 9 heteroatoms. The van der Waals surface area contributed by atoms with Gasteiger partial charge in [-0.15, -0.1) is 0 Å². The molecule has 0 fully saturated rings. The molecule has 0 aliphatic heterocycles. The molecule has 0 saturated carbocycles. The number of nitro benzene ring substituents is 1. The summed E-state index contributed by atoms with van der Waals surface area (Å²) in [6.45, 7) is 1.93. The molecule has 1 aromatic heterocycles. The van der Waals surface area contributed by atoms with Crippen LogP contribution in [-0.4, -0.2) is 13.3 Å². The summed E-state index contributed by atoms with van der Waals surface area (Å²) in [4.78, 5) is 9.25. The zero-order valence-electron chi connectivity index (χ0n) is 10.9. The first-order chi connectivity index (χ1) is 9.81. The smallest absolute Gasteiger partial charge is 0.258 e. The standard InChI is InChI=1S/C12H11FN2O4S2/c1-8-6-20-7-9(8)5-14-21(18,19)10-2-3-12(15(16)17)11(13)4-10/h2-4,6-7,14H,5H2,1H3. The van der Waals surface area contributed by atoms with Gasteiger partial charge in [0, 0.05) is 18.7 Å². The highest BCUT2D eigenvalue weighted by molar-refractivity contribution is 7.89. The average Bonchev–Trinajstić information content (AvgIpc) is 2.81. The third-order valence-electron chi connectivity index (χ3n) is 2.84. The summed E-state index contributed by atoms with van der Waals surface area (Å²) in [6, 6.07) is 2.48. The van der Waals surface area contributed by atoms with E-state index >= 15 is 0 Å². The van der Waals surface area contributed by atoms with Crippen molar-refractivity contribution in [1.82, 2.24) is 4.72 Å². The van der Waals surface area contributed by atoms with Crippen molar-refractivity contribution in [1.29, 1.82) is 0 Å². The van der Waals surface area contributed by atoms with Gasteiger partial charge in [-0.2, -0.15) is 15.7 Å². The number of rotatable bonds is 5. The number of aryl methyl sites for hydroxylation is 1. The Bertz CT molecular complexity index is 786. The molecule has 1 N–H and O–H groups in total. The largest absolute Gasteiger partial charge is 0.304 e. The zero-order chi connectivity index (χ0) is 15.6. The quantitative estimate of drug-likeness (QED) is 0.674. The Morgan fingerprint density at radius 1 is 1.38 bits per heavy atom. The van der Waals surface area contributed by atoms with Crippen molar-refractivity contribution >= 4 is 27.0 Å². The van der Waals surface area contributed by atoms with Crippen LogP contribution in [0.3, 0.4) is 0 Å². The lowest BCUT2D eigenvalue weighted by Gasteiger charge is -2.07. The number of nitro groups is 1. The van der Waals surface area contributed by atoms with Crippen molar-refractivity contribution in [3.63, 3.8) is 0 Å². The van der Waals surface area contributed by atoms with Crippen LogP contribution in [0.5, 0.6) is 0 Å². The van der Waals surface area contributed by atoms with E-state index in [9.17, 15) is 22.9 Å². The fraction of sp³-hybridized carbons (Fsp3) is 0.167. The first kappa shape index (κ1) is 15.5. The highest BCUT2D eigenvalue weighted by Crippen LogP contribution is 2.21. The number of nitrogens with one attached hydrogen (secondary N) is 1. The van der Waals surface area contributed by atoms with Gasteiger partial charge in [0.15, 0.2) is 0 Å². The molecule has 112 valence electrons. The Morgan fingerprint density at radius 2 is 2.10 bits per heavy atom. The molecular weight excluding hydrogens is 319 g/mol. The number of nitrogens with zero attached hydrogens (tertiary/aromatic N) is 1. The van der Waals surface area contributed by atoms with Gasteiger partial charge in [-0.25, -0.2) is 13.1 Å². The van der Waals surface area contributed by atoms with Gasteiger partial charge in [0.2, 0.25) is 15.8 Å². The number of thiophene rings is 1. The molecule has 2 rings (SSSR count). The number of benzene rings is 1. The summed E-state index contributed by atoms with van der Waals surface area (Å²) in [6.07, 6.45) is 0. The minimum Gasteiger partial charge on any atom is -0.258 e. The highest BCUT2D eigenvalue weighted by atomic mass is 32.2. The average molecular weight is 330 g/mol. The topological polar surface area (TPSA) is 89.3 Å². The number of halogens is 1. The molecule has 0 radical (unpaired) electrons. The van der Waals surface area contributed by atoms with E-state index in [-0.39, 0.29) is 11.4 Å². The van der Waals surface area contributed by atoms with Gasteiger partial charge in [-0.05, 0) is 34.9 Å². The predicted molar refractivity (Wildman–Crippen MR) is 76.1 cm³/mol. The summed E-state index contributed by atoms with van der Waals surface area (Å²) in [7, 11) is -3.93. The molecule has 0 spiro atoms. The molecule has 0 aliphatic carbocycles. The van der Waals surface area contributed by atoms with E-state index in [1.54, 1.807) is 0 Å². The summed E-state index contributed by atoms with van der Waals surface area (Å²) in [5.41, 5.74) is 1.02. The second kappa shape index (κ2) is 5.88. The number of hydrogen-bond acceptors (Lipinski definition) is 5. The lowest BCUT2D eigenvalue weighted by atomic mass is 10.2. The molecule has 0 atom stereocenters. The summed E-state index contributed by atoms with van der Waals surface area (Å²) < 4.78 is 39.9. The van der Waals surface area contributed by atoms with E-state index in [1.165, 1.54) is 11.3 Å². The Morgan fingerprint density at radius 3 is 2.62 bits per heavy atom. The van der Waals surface area contributed by atoms with Crippen molar-refractivity contribution in [3.05, 3.63) is 56.0 Å². The predicted octanol–water partition coefficient (Wildman–Crippen LogP) is 2.58. The van der Waals surface area contributed by atoms with E-state index < -0.39 is 26.5 Å². The second-order valence-corrected chi connectivity index (χ2v) is 6.79. The van der Waals surface area contributed by atoms with Gasteiger partial charge in [-0.1, -0.05) is 0 Å². The van der Waals surface area contributed by atoms with E-state index in [4.69, 9.17) is 0 Å². The third kappa shape index (κ3) is 3.43. The van der Waals surface area contributed by atoms with Crippen molar-refractivity contribution in [2.24, 2.45) is 0 Å². The van der Waals surface area contributed by atoms with Crippen LogP contribution in [-0.2, 0) is 16.6 Å². The Hall–Kier alpha value is -1.84. The fourth-order valence-electron chi connectivity index (χ4n) is 1.63. The van der Waals surface area contributed by atoms with Gasteiger partial charge in [0.1, 0.15) is 0 Å². The molecule has 21 heavy (non-hydrogen) atoms. The van der Waals surface area contributed by atoms with Crippen LogP contribution >= 0.6 is 11.3 Å².